The van der Waals surface area contributed by atoms with Gasteiger partial charge in [-0.15, -0.1) is 0 Å². The van der Waals surface area contributed by atoms with Crippen molar-refractivity contribution in [2.45, 2.75) is 6.42 Å². The summed E-state index contributed by atoms with van der Waals surface area (Å²) in [6.45, 7) is -0.339. The van der Waals surface area contributed by atoms with E-state index in [1.165, 1.54) is 18.2 Å². The van der Waals surface area contributed by atoms with Crippen molar-refractivity contribution < 1.29 is 26.4 Å². The van der Waals surface area contributed by atoms with Gasteiger partial charge in [0.1, 0.15) is 17.5 Å². The van der Waals surface area contributed by atoms with Gasteiger partial charge in [0.2, 0.25) is 15.9 Å². The lowest BCUT2D eigenvalue weighted by atomic mass is 10.1. The highest BCUT2D eigenvalue weighted by molar-refractivity contribution is 7.92. The Hall–Kier alpha value is -2.55. The van der Waals surface area contributed by atoms with Gasteiger partial charge in [0.25, 0.3) is 0 Å². The summed E-state index contributed by atoms with van der Waals surface area (Å²) in [5, 5.41) is 2.49. The minimum Gasteiger partial charge on any atom is -0.354 e. The number of nitrogens with one attached hydrogen (secondary N) is 1. The van der Waals surface area contributed by atoms with Crippen molar-refractivity contribution in [3.8, 4) is 0 Å². The molecular formula is C17H17F3N2O3S. The summed E-state index contributed by atoms with van der Waals surface area (Å²) in [5.41, 5.74) is 0.153. The summed E-state index contributed by atoms with van der Waals surface area (Å²) in [5.74, 6) is -2.77. The summed E-state index contributed by atoms with van der Waals surface area (Å²) in [4.78, 5) is 11.9. The van der Waals surface area contributed by atoms with Gasteiger partial charge in [0.05, 0.1) is 24.9 Å². The number of carbonyl (C=O) groups excluding carboxylic acids is 1. The van der Waals surface area contributed by atoms with Gasteiger partial charge in [-0.2, -0.15) is 0 Å². The van der Waals surface area contributed by atoms with Crippen LogP contribution in [0.25, 0.3) is 0 Å². The predicted molar refractivity (Wildman–Crippen MR) is 91.7 cm³/mol. The van der Waals surface area contributed by atoms with E-state index in [1.807, 2.05) is 0 Å². The van der Waals surface area contributed by atoms with Crippen LogP contribution in [0.4, 0.5) is 18.9 Å². The maximum atomic E-state index is 13.9. The lowest BCUT2D eigenvalue weighted by Crippen LogP contribution is -2.39. The van der Waals surface area contributed by atoms with Crippen molar-refractivity contribution in [2.24, 2.45) is 0 Å². The van der Waals surface area contributed by atoms with Crippen molar-refractivity contribution in [3.63, 3.8) is 0 Å². The van der Waals surface area contributed by atoms with Crippen LogP contribution in [0, 0.1) is 17.5 Å². The fourth-order valence-corrected chi connectivity index (χ4v) is 3.27. The van der Waals surface area contributed by atoms with Crippen LogP contribution in [-0.2, 0) is 21.2 Å². The molecule has 0 radical (unpaired) electrons. The van der Waals surface area contributed by atoms with Gasteiger partial charge in [-0.05, 0) is 29.8 Å². The molecule has 0 aliphatic carbocycles. The smallest absolute Gasteiger partial charge is 0.232 e. The van der Waals surface area contributed by atoms with E-state index in [0.717, 1.165) is 22.7 Å². The highest BCUT2D eigenvalue weighted by atomic mass is 32.2. The molecule has 1 N–H and O–H groups in total. The molecule has 26 heavy (non-hydrogen) atoms. The van der Waals surface area contributed by atoms with Crippen molar-refractivity contribution >= 4 is 21.6 Å². The molecule has 5 nitrogen and oxygen atoms in total. The van der Waals surface area contributed by atoms with E-state index in [9.17, 15) is 26.4 Å². The number of amides is 1. The molecule has 2 rings (SSSR count). The van der Waals surface area contributed by atoms with Crippen LogP contribution < -0.4 is 9.62 Å². The first-order valence-electron chi connectivity index (χ1n) is 7.61. The summed E-state index contributed by atoms with van der Waals surface area (Å²) in [6, 6.07) is 8.06. The number of anilines is 1. The second-order valence-corrected chi connectivity index (χ2v) is 7.49. The number of hydrogen-bond donors (Lipinski definition) is 1. The molecule has 0 fully saturated rings. The van der Waals surface area contributed by atoms with Gasteiger partial charge in [-0.25, -0.2) is 21.6 Å². The van der Waals surface area contributed by atoms with E-state index < -0.39 is 33.4 Å². The predicted octanol–water partition coefficient (Wildman–Crippen LogP) is 2.23. The molecule has 0 heterocycles. The first kappa shape index (κ1) is 19.8. The zero-order valence-electron chi connectivity index (χ0n) is 13.9. The molecule has 0 aliphatic heterocycles. The zero-order valence-corrected chi connectivity index (χ0v) is 14.7. The maximum Gasteiger partial charge on any atom is 0.232 e. The number of hydrogen-bond acceptors (Lipinski definition) is 3. The number of benzene rings is 2. The van der Waals surface area contributed by atoms with Gasteiger partial charge >= 0.3 is 0 Å². The largest absolute Gasteiger partial charge is 0.354 e. The molecule has 140 valence electrons. The summed E-state index contributed by atoms with van der Waals surface area (Å²) < 4.78 is 64.5. The topological polar surface area (TPSA) is 66.5 Å². The molecule has 0 unspecified atom stereocenters. The molecule has 2 aromatic carbocycles. The lowest BCUT2D eigenvalue weighted by molar-refractivity contribution is -0.120. The monoisotopic (exact) mass is 386 g/mol. The maximum absolute atomic E-state index is 13.9. The SMILES string of the molecule is CS(=O)(=O)N(CCNC(=O)Cc1cccc(F)c1)c1ccc(F)cc1F. The molecular weight excluding hydrogens is 369 g/mol. The lowest BCUT2D eigenvalue weighted by Gasteiger charge is -2.23. The van der Waals surface area contributed by atoms with Crippen LogP contribution in [0.15, 0.2) is 42.5 Å². The average Bonchev–Trinajstić information content (AvgIpc) is 2.51. The van der Waals surface area contributed by atoms with Crippen LogP contribution in [0.2, 0.25) is 0 Å². The number of nitrogens with zero attached hydrogens (tertiary/aromatic N) is 1. The summed E-state index contributed by atoms with van der Waals surface area (Å²) in [7, 11) is -3.85. The van der Waals surface area contributed by atoms with E-state index in [-0.39, 0.29) is 25.2 Å². The van der Waals surface area contributed by atoms with Crippen LogP contribution in [-0.4, -0.2) is 33.7 Å². The Balaban J connectivity index is 2.01. The molecule has 0 spiro atoms. The molecule has 9 heteroatoms. The highest BCUT2D eigenvalue weighted by Crippen LogP contribution is 2.22. The Bertz CT molecular complexity index is 904. The van der Waals surface area contributed by atoms with Crippen LogP contribution >= 0.6 is 0 Å². The Morgan fingerprint density at radius 2 is 1.77 bits per heavy atom. The molecule has 0 aliphatic rings. The van der Waals surface area contributed by atoms with Gasteiger partial charge < -0.3 is 5.32 Å². The number of halogens is 3. The normalized spacial score (nSPS) is 11.2. The van der Waals surface area contributed by atoms with E-state index in [2.05, 4.69) is 5.32 Å². The molecule has 2 aromatic rings. The minimum atomic E-state index is -3.85. The molecule has 0 saturated carbocycles. The average molecular weight is 386 g/mol. The van der Waals surface area contributed by atoms with Crippen LogP contribution in [0.3, 0.4) is 0 Å². The highest BCUT2D eigenvalue weighted by Gasteiger charge is 2.21. The molecule has 1 amide bonds. The molecule has 0 aromatic heterocycles. The van der Waals surface area contributed by atoms with Crippen molar-refractivity contribution in [1.29, 1.82) is 0 Å². The Morgan fingerprint density at radius 3 is 2.38 bits per heavy atom. The number of sulfonamides is 1. The second kappa shape index (κ2) is 8.22. The first-order chi connectivity index (χ1) is 12.2. The van der Waals surface area contributed by atoms with E-state index in [1.54, 1.807) is 6.07 Å². The van der Waals surface area contributed by atoms with E-state index >= 15 is 0 Å². The molecule has 0 bridgehead atoms. The van der Waals surface area contributed by atoms with Crippen LogP contribution in [0.1, 0.15) is 5.56 Å². The number of carbonyl (C=O) groups is 1. The van der Waals surface area contributed by atoms with Crippen molar-refractivity contribution in [1.82, 2.24) is 5.32 Å². The van der Waals surface area contributed by atoms with E-state index in [4.69, 9.17) is 0 Å². The quantitative estimate of drug-likeness (QED) is 0.794. The fraction of sp³-hybridized carbons (Fsp3) is 0.235. The fourth-order valence-electron chi connectivity index (χ4n) is 2.34. The third-order valence-electron chi connectivity index (χ3n) is 3.47. The van der Waals surface area contributed by atoms with E-state index in [0.29, 0.717) is 11.6 Å². The molecule has 0 saturated heterocycles. The van der Waals surface area contributed by atoms with Gasteiger partial charge in [0.15, 0.2) is 0 Å². The Kier molecular flexibility index (Phi) is 6.25. The Labute approximate surface area is 149 Å². The Morgan fingerprint density at radius 1 is 1.08 bits per heavy atom. The zero-order chi connectivity index (χ0) is 19.3. The standard InChI is InChI=1S/C17H17F3N2O3S/c1-26(24,25)22(16-6-5-14(19)11-15(16)20)8-7-21-17(23)10-12-3-2-4-13(18)9-12/h2-6,9,11H,7-8,10H2,1H3,(H,21,23). The third-order valence-corrected chi connectivity index (χ3v) is 4.65. The summed E-state index contributed by atoms with van der Waals surface area (Å²) in [6.07, 6.45) is 0.798. The summed E-state index contributed by atoms with van der Waals surface area (Å²) >= 11 is 0. The number of rotatable bonds is 7. The van der Waals surface area contributed by atoms with Crippen molar-refractivity contribution in [3.05, 3.63) is 65.5 Å². The van der Waals surface area contributed by atoms with Gasteiger partial charge in [0, 0.05) is 12.6 Å². The second-order valence-electron chi connectivity index (χ2n) is 5.59. The van der Waals surface area contributed by atoms with Crippen LogP contribution in [0.5, 0.6) is 0 Å². The van der Waals surface area contributed by atoms with Gasteiger partial charge in [-0.1, -0.05) is 12.1 Å². The minimum absolute atomic E-state index is 0.0818. The third kappa shape index (κ3) is 5.48. The van der Waals surface area contributed by atoms with Crippen molar-refractivity contribution in [2.75, 3.05) is 23.7 Å². The van der Waals surface area contributed by atoms with Gasteiger partial charge in [-0.3, -0.25) is 9.10 Å². The first-order valence-corrected chi connectivity index (χ1v) is 9.45. The molecule has 0 atom stereocenters.